The fraction of sp³-hybridized carbons (Fsp3) is 0.360. The smallest absolute Gasteiger partial charge is 0.289 e. The Labute approximate surface area is 210 Å². The molecular weight excluding hydrogens is 490 g/mol. The number of halogens is 1. The summed E-state index contributed by atoms with van der Waals surface area (Å²) in [4.78, 5) is 25.6. The first kappa shape index (κ1) is 24.9. The summed E-state index contributed by atoms with van der Waals surface area (Å²) >= 11 is 6.52. The van der Waals surface area contributed by atoms with Crippen LogP contribution in [0.5, 0.6) is 23.0 Å². The summed E-state index contributed by atoms with van der Waals surface area (Å²) in [5, 5.41) is 4.44. The van der Waals surface area contributed by atoms with Gasteiger partial charge in [0, 0.05) is 12.1 Å². The lowest BCUT2D eigenvalue weighted by Gasteiger charge is -2.21. The minimum absolute atomic E-state index is 0.0665. The van der Waals surface area contributed by atoms with Crippen molar-refractivity contribution < 1.29 is 33.3 Å². The fourth-order valence-corrected chi connectivity index (χ4v) is 8.37. The van der Waals surface area contributed by atoms with E-state index in [2.05, 4.69) is 25.3 Å². The lowest BCUT2D eigenvalue weighted by atomic mass is 10.1. The van der Waals surface area contributed by atoms with E-state index in [0.29, 0.717) is 28.0 Å². The third-order valence-electron chi connectivity index (χ3n) is 6.36. The molecule has 0 bridgehead atoms. The van der Waals surface area contributed by atoms with Gasteiger partial charge in [-0.3, -0.25) is 9.59 Å². The number of ketones is 1. The molecule has 0 radical (unpaired) electrons. The zero-order valence-electron chi connectivity index (χ0n) is 20.5. The number of amides is 1. The molecule has 0 aliphatic carbocycles. The van der Waals surface area contributed by atoms with Crippen LogP contribution in [0.3, 0.4) is 0 Å². The van der Waals surface area contributed by atoms with Crippen LogP contribution in [0.2, 0.25) is 24.2 Å². The number of methoxy groups -OCH3 is 3. The van der Waals surface area contributed by atoms with Gasteiger partial charge in [0.1, 0.15) is 22.9 Å². The number of hydrogen-bond donors (Lipinski definition) is 1. The number of anilines is 1. The SMILES string of the molecule is COc1cc(OC)c(NC(=O)C2OC(Oc3c(Cl)cc(C)c4c3CC[Si]4(C)C)=CC2=O)c(OC)c1. The number of aryl methyl sites for hydroxylation is 1. The number of hydrogen-bond acceptors (Lipinski definition) is 7. The van der Waals surface area contributed by atoms with Crippen molar-refractivity contribution in [3.05, 3.63) is 46.4 Å². The van der Waals surface area contributed by atoms with E-state index in [9.17, 15) is 9.59 Å². The van der Waals surface area contributed by atoms with Gasteiger partial charge in [-0.2, -0.15) is 0 Å². The van der Waals surface area contributed by atoms with Gasteiger partial charge in [-0.25, -0.2) is 0 Å². The molecule has 0 spiro atoms. The maximum atomic E-state index is 13.0. The average molecular weight is 518 g/mol. The average Bonchev–Trinajstić information content (AvgIpc) is 3.35. The molecule has 1 N–H and O–H groups in total. The predicted octanol–water partition coefficient (Wildman–Crippen LogP) is 3.97. The highest BCUT2D eigenvalue weighted by Gasteiger charge is 2.39. The number of rotatable bonds is 7. The molecule has 2 aromatic rings. The van der Waals surface area contributed by atoms with E-state index in [1.165, 1.54) is 32.6 Å². The predicted molar refractivity (Wildman–Crippen MR) is 135 cm³/mol. The maximum absolute atomic E-state index is 13.0. The number of benzene rings is 2. The lowest BCUT2D eigenvalue weighted by molar-refractivity contribution is -0.134. The highest BCUT2D eigenvalue weighted by Crippen LogP contribution is 2.40. The van der Waals surface area contributed by atoms with Crippen LogP contribution < -0.4 is 29.5 Å². The Hall–Kier alpha value is -3.17. The van der Waals surface area contributed by atoms with Crippen molar-refractivity contribution in [2.45, 2.75) is 38.6 Å². The van der Waals surface area contributed by atoms with Gasteiger partial charge in [0.25, 0.3) is 11.9 Å². The summed E-state index contributed by atoms with van der Waals surface area (Å²) in [7, 11) is 2.81. The zero-order valence-corrected chi connectivity index (χ0v) is 22.3. The molecule has 186 valence electrons. The summed E-state index contributed by atoms with van der Waals surface area (Å²) < 4.78 is 27.5. The van der Waals surface area contributed by atoms with E-state index < -0.39 is 25.9 Å². The van der Waals surface area contributed by atoms with Crippen LogP contribution in [0.25, 0.3) is 0 Å². The van der Waals surface area contributed by atoms with Crippen LogP contribution in [0, 0.1) is 6.92 Å². The molecule has 0 saturated carbocycles. The molecule has 10 heteroatoms. The van der Waals surface area contributed by atoms with Gasteiger partial charge < -0.3 is 29.0 Å². The van der Waals surface area contributed by atoms with Crippen molar-refractivity contribution in [3.8, 4) is 23.0 Å². The second-order valence-corrected chi connectivity index (χ2v) is 14.3. The number of fused-ring (bicyclic) bond motifs is 1. The van der Waals surface area contributed by atoms with Crippen LogP contribution >= 0.6 is 11.6 Å². The Morgan fingerprint density at radius 3 is 2.37 bits per heavy atom. The normalized spacial score (nSPS) is 17.9. The molecule has 2 aliphatic rings. The molecule has 35 heavy (non-hydrogen) atoms. The first-order valence-electron chi connectivity index (χ1n) is 11.1. The Kier molecular flexibility index (Phi) is 6.74. The van der Waals surface area contributed by atoms with Crippen LogP contribution in [-0.2, 0) is 20.7 Å². The summed E-state index contributed by atoms with van der Waals surface area (Å²) in [5.74, 6) is 0.276. The van der Waals surface area contributed by atoms with E-state index in [1.54, 1.807) is 12.1 Å². The van der Waals surface area contributed by atoms with Crippen LogP contribution in [0.1, 0.15) is 11.1 Å². The summed E-state index contributed by atoms with van der Waals surface area (Å²) in [6.45, 7) is 6.70. The van der Waals surface area contributed by atoms with Gasteiger partial charge in [0.15, 0.2) is 5.75 Å². The van der Waals surface area contributed by atoms with Crippen molar-refractivity contribution in [2.75, 3.05) is 26.6 Å². The third-order valence-corrected chi connectivity index (χ3v) is 10.2. The molecule has 1 atom stereocenters. The van der Waals surface area contributed by atoms with Crippen molar-refractivity contribution in [1.82, 2.24) is 0 Å². The second-order valence-electron chi connectivity index (χ2n) is 9.10. The summed E-state index contributed by atoms with van der Waals surface area (Å²) in [5.41, 5.74) is 2.46. The standard InChI is InChI=1S/C25H28ClNO7Si/c1-13-9-16(26)22(15-7-8-35(5,6)24(13)15)33-20-12-17(28)23(34-20)25(29)27-21-18(31-3)10-14(30-2)11-19(21)32-4/h9-12,23H,7-8H2,1-6H3,(H,27,29). The first-order valence-corrected chi connectivity index (χ1v) is 14.7. The zero-order chi connectivity index (χ0) is 25.5. The van der Waals surface area contributed by atoms with Crippen molar-refractivity contribution in [3.63, 3.8) is 0 Å². The Morgan fingerprint density at radius 2 is 1.77 bits per heavy atom. The van der Waals surface area contributed by atoms with Crippen LogP contribution in [0.15, 0.2) is 30.2 Å². The first-order chi connectivity index (χ1) is 16.6. The molecule has 0 fully saturated rings. The van der Waals surface area contributed by atoms with Crippen molar-refractivity contribution >= 4 is 42.2 Å². The van der Waals surface area contributed by atoms with Gasteiger partial charge in [0.2, 0.25) is 11.9 Å². The van der Waals surface area contributed by atoms with E-state index in [-0.39, 0.29) is 11.6 Å². The minimum Gasteiger partial charge on any atom is -0.496 e. The molecule has 0 aromatic heterocycles. The number of nitrogens with one attached hydrogen (secondary N) is 1. The van der Waals surface area contributed by atoms with Crippen LogP contribution in [-0.4, -0.2) is 47.2 Å². The largest absolute Gasteiger partial charge is 0.496 e. The van der Waals surface area contributed by atoms with Crippen molar-refractivity contribution in [1.29, 1.82) is 0 Å². The maximum Gasteiger partial charge on any atom is 0.289 e. The number of ether oxygens (including phenoxy) is 5. The minimum atomic E-state index is -1.59. The summed E-state index contributed by atoms with van der Waals surface area (Å²) in [6.07, 6.45) is 0.602. The lowest BCUT2D eigenvalue weighted by Crippen LogP contribution is -2.39. The molecule has 2 aliphatic heterocycles. The quantitative estimate of drug-likeness (QED) is 0.439. The Balaban J connectivity index is 1.55. The highest BCUT2D eigenvalue weighted by molar-refractivity contribution is 6.91. The number of carbonyl (C=O) groups is 2. The van der Waals surface area contributed by atoms with Gasteiger partial charge in [-0.1, -0.05) is 29.9 Å². The van der Waals surface area contributed by atoms with Crippen molar-refractivity contribution in [2.24, 2.45) is 0 Å². The van der Waals surface area contributed by atoms with Crippen LogP contribution in [0.4, 0.5) is 5.69 Å². The molecule has 0 saturated heterocycles. The topological polar surface area (TPSA) is 92.3 Å². The Bertz CT molecular complexity index is 1220. The van der Waals surface area contributed by atoms with Gasteiger partial charge in [-0.15, -0.1) is 0 Å². The number of carbonyl (C=O) groups excluding carboxylic acids is 2. The Morgan fingerprint density at radius 1 is 1.11 bits per heavy atom. The monoisotopic (exact) mass is 517 g/mol. The van der Waals surface area contributed by atoms with Gasteiger partial charge in [-0.05, 0) is 36.6 Å². The summed E-state index contributed by atoms with van der Waals surface area (Å²) in [6, 6.07) is 6.16. The van der Waals surface area contributed by atoms with E-state index in [1.807, 2.05) is 6.07 Å². The highest BCUT2D eigenvalue weighted by atomic mass is 35.5. The second kappa shape index (κ2) is 9.47. The van der Waals surface area contributed by atoms with E-state index in [4.69, 9.17) is 35.3 Å². The van der Waals surface area contributed by atoms with Gasteiger partial charge >= 0.3 is 0 Å². The molecule has 8 nitrogen and oxygen atoms in total. The molecule has 1 amide bonds. The van der Waals surface area contributed by atoms with E-state index in [0.717, 1.165) is 23.6 Å². The third kappa shape index (κ3) is 4.58. The molecule has 1 unspecified atom stereocenters. The van der Waals surface area contributed by atoms with E-state index >= 15 is 0 Å². The van der Waals surface area contributed by atoms with Gasteiger partial charge in [0.05, 0.1) is 40.5 Å². The molecular formula is C25H28ClNO7Si. The molecule has 2 heterocycles. The molecule has 2 aromatic carbocycles. The fourth-order valence-electron chi connectivity index (χ4n) is 4.73. The molecule has 4 rings (SSSR count).